The average molecular weight is 245 g/mol. The summed E-state index contributed by atoms with van der Waals surface area (Å²) in [7, 11) is 0. The van der Waals surface area contributed by atoms with Crippen molar-refractivity contribution in [3.8, 4) is 0 Å². The second-order valence-electron chi connectivity index (χ2n) is 4.54. The zero-order valence-electron chi connectivity index (χ0n) is 11.5. The molecule has 1 aromatic carbocycles. The van der Waals surface area contributed by atoms with E-state index in [9.17, 15) is 5.11 Å². The third-order valence-electron chi connectivity index (χ3n) is 2.85. The van der Waals surface area contributed by atoms with Crippen molar-refractivity contribution in [2.75, 3.05) is 0 Å². The number of allylic oxidation sites excluding steroid dienone is 2. The molecule has 0 fully saturated rings. The minimum atomic E-state index is 0.234. The summed E-state index contributed by atoms with van der Waals surface area (Å²) in [5, 5.41) is 10.1. The molecule has 0 aliphatic rings. The van der Waals surface area contributed by atoms with Crippen LogP contribution in [0.2, 0.25) is 0 Å². The smallest absolute Gasteiger partial charge is 0.125 e. The highest BCUT2D eigenvalue weighted by Gasteiger charge is 2.04. The van der Waals surface area contributed by atoms with Gasteiger partial charge in [0.1, 0.15) is 5.76 Å². The molecule has 2 heteroatoms. The van der Waals surface area contributed by atoms with Gasteiger partial charge in [-0.05, 0) is 30.9 Å². The van der Waals surface area contributed by atoms with E-state index in [1.165, 1.54) is 5.56 Å². The summed E-state index contributed by atoms with van der Waals surface area (Å²) in [6.45, 7) is 6.19. The fraction of sp³-hybridized carbons (Fsp3) is 0.375. The summed E-state index contributed by atoms with van der Waals surface area (Å²) in [6.07, 6.45) is 6.57. The van der Waals surface area contributed by atoms with Crippen LogP contribution in [0.25, 0.3) is 5.76 Å². The number of aliphatic hydroxyl groups is 1. The van der Waals surface area contributed by atoms with Crippen LogP contribution in [0.5, 0.6) is 0 Å². The fourth-order valence-electron chi connectivity index (χ4n) is 1.99. The van der Waals surface area contributed by atoms with Gasteiger partial charge in [0.2, 0.25) is 0 Å². The molecule has 0 bridgehead atoms. The Bertz CT molecular complexity index is 458. The molecule has 18 heavy (non-hydrogen) atoms. The lowest BCUT2D eigenvalue weighted by molar-refractivity contribution is 0.510. The predicted octanol–water partition coefficient (Wildman–Crippen LogP) is 4.10. The number of rotatable bonds is 5. The van der Waals surface area contributed by atoms with E-state index in [1.807, 2.05) is 26.0 Å². The topological polar surface area (TPSA) is 46.2 Å². The van der Waals surface area contributed by atoms with Gasteiger partial charge in [-0.25, -0.2) is 0 Å². The summed E-state index contributed by atoms with van der Waals surface area (Å²) in [6, 6.07) is 6.16. The van der Waals surface area contributed by atoms with Crippen LogP contribution in [0.1, 0.15) is 43.4 Å². The quantitative estimate of drug-likeness (QED) is 0.606. The monoisotopic (exact) mass is 245 g/mol. The zero-order valence-corrected chi connectivity index (χ0v) is 11.5. The lowest BCUT2D eigenvalue weighted by Gasteiger charge is -2.08. The van der Waals surface area contributed by atoms with Gasteiger partial charge in [0.25, 0.3) is 0 Å². The van der Waals surface area contributed by atoms with E-state index in [4.69, 9.17) is 5.73 Å². The largest absolute Gasteiger partial charge is 0.507 e. The summed E-state index contributed by atoms with van der Waals surface area (Å²) in [5.41, 5.74) is 9.62. The molecule has 0 spiro atoms. The highest BCUT2D eigenvalue weighted by molar-refractivity contribution is 5.64. The van der Waals surface area contributed by atoms with Crippen molar-refractivity contribution in [3.63, 3.8) is 0 Å². The van der Waals surface area contributed by atoms with E-state index in [0.717, 1.165) is 30.4 Å². The minimum absolute atomic E-state index is 0.234. The molecule has 0 amide bonds. The summed E-state index contributed by atoms with van der Waals surface area (Å²) in [4.78, 5) is 0. The third kappa shape index (κ3) is 3.95. The van der Waals surface area contributed by atoms with Crippen LogP contribution in [-0.4, -0.2) is 5.11 Å². The van der Waals surface area contributed by atoms with Crippen LogP contribution in [0.15, 0.2) is 36.0 Å². The first-order chi connectivity index (χ1) is 8.58. The van der Waals surface area contributed by atoms with Gasteiger partial charge in [-0.15, -0.1) is 0 Å². The first-order valence-electron chi connectivity index (χ1n) is 6.54. The molecule has 0 atom stereocenters. The predicted molar refractivity (Wildman–Crippen MR) is 78.3 cm³/mol. The number of hydrogen-bond donors (Lipinski definition) is 2. The van der Waals surface area contributed by atoms with Crippen molar-refractivity contribution >= 4 is 5.76 Å². The molecule has 0 saturated heterocycles. The Kier molecular flexibility index (Phi) is 5.50. The van der Waals surface area contributed by atoms with Gasteiger partial charge < -0.3 is 10.8 Å². The lowest BCUT2D eigenvalue weighted by Crippen LogP contribution is -1.96. The number of hydrogen-bond acceptors (Lipinski definition) is 2. The second-order valence-corrected chi connectivity index (χ2v) is 4.54. The molecule has 0 aromatic heterocycles. The van der Waals surface area contributed by atoms with Crippen LogP contribution < -0.4 is 5.73 Å². The van der Waals surface area contributed by atoms with Gasteiger partial charge in [0.05, 0.1) is 0 Å². The van der Waals surface area contributed by atoms with E-state index in [1.54, 1.807) is 6.08 Å². The molecule has 2 nitrogen and oxygen atoms in total. The van der Waals surface area contributed by atoms with E-state index in [-0.39, 0.29) is 5.76 Å². The van der Waals surface area contributed by atoms with Crippen LogP contribution in [0.4, 0.5) is 0 Å². The average Bonchev–Trinajstić information content (AvgIpc) is 2.29. The van der Waals surface area contributed by atoms with Crippen LogP contribution in [0.3, 0.4) is 0 Å². The molecular formula is C16H23NO. The van der Waals surface area contributed by atoms with E-state index in [0.29, 0.717) is 5.70 Å². The van der Waals surface area contributed by atoms with Gasteiger partial charge in [-0.1, -0.05) is 44.5 Å². The highest BCUT2D eigenvalue weighted by Crippen LogP contribution is 2.19. The van der Waals surface area contributed by atoms with Crippen molar-refractivity contribution in [2.24, 2.45) is 5.73 Å². The van der Waals surface area contributed by atoms with E-state index >= 15 is 0 Å². The maximum atomic E-state index is 10.1. The molecule has 3 N–H and O–H groups in total. The molecule has 98 valence electrons. The van der Waals surface area contributed by atoms with Crippen molar-refractivity contribution in [1.82, 2.24) is 0 Å². The molecule has 1 aromatic rings. The lowest BCUT2D eigenvalue weighted by atomic mass is 10.0. The number of nitrogens with two attached hydrogens (primary N) is 1. The highest BCUT2D eigenvalue weighted by atomic mass is 16.3. The Morgan fingerprint density at radius 3 is 2.61 bits per heavy atom. The number of aliphatic hydroxyl groups excluding tert-OH is 1. The third-order valence-corrected chi connectivity index (χ3v) is 2.85. The first-order valence-corrected chi connectivity index (χ1v) is 6.54. The van der Waals surface area contributed by atoms with Crippen molar-refractivity contribution in [1.29, 1.82) is 0 Å². The normalized spacial score (nSPS) is 12.8. The molecule has 0 aliphatic carbocycles. The van der Waals surface area contributed by atoms with Crippen LogP contribution in [0, 0.1) is 6.92 Å². The standard InChI is InChI=1S/C16H23NO/c1-4-6-13-8-9-15(12(3)10-13)16(18)11-14(17)7-5-2/h7-11,18H,4-6,17H2,1-3H3/b14-7-,16-11+. The SMILES string of the molecule is CC/C=C(N)/C=C(/O)c1ccc(CCC)cc1C. The van der Waals surface area contributed by atoms with Crippen LogP contribution >= 0.6 is 0 Å². The van der Waals surface area contributed by atoms with Crippen molar-refractivity contribution in [3.05, 3.63) is 52.7 Å². The van der Waals surface area contributed by atoms with Crippen LogP contribution in [-0.2, 0) is 6.42 Å². The molecule has 0 heterocycles. The Morgan fingerprint density at radius 1 is 1.33 bits per heavy atom. The van der Waals surface area contributed by atoms with Crippen molar-refractivity contribution in [2.45, 2.75) is 40.0 Å². The molecule has 0 unspecified atom stereocenters. The Morgan fingerprint density at radius 2 is 2.06 bits per heavy atom. The molecule has 0 aliphatic heterocycles. The van der Waals surface area contributed by atoms with Gasteiger partial charge in [0.15, 0.2) is 0 Å². The van der Waals surface area contributed by atoms with Gasteiger partial charge in [-0.2, -0.15) is 0 Å². The van der Waals surface area contributed by atoms with E-state index < -0.39 is 0 Å². The summed E-state index contributed by atoms with van der Waals surface area (Å²) in [5.74, 6) is 0.234. The maximum Gasteiger partial charge on any atom is 0.125 e. The molecule has 0 radical (unpaired) electrons. The first kappa shape index (κ1) is 14.4. The van der Waals surface area contributed by atoms with Gasteiger partial charge in [0, 0.05) is 17.3 Å². The number of aryl methyl sites for hydroxylation is 2. The Balaban J connectivity index is 3.00. The molecule has 1 rings (SSSR count). The second kappa shape index (κ2) is 6.90. The Hall–Kier alpha value is -1.70. The fourth-order valence-corrected chi connectivity index (χ4v) is 1.99. The summed E-state index contributed by atoms with van der Waals surface area (Å²) >= 11 is 0. The zero-order chi connectivity index (χ0) is 13.5. The maximum absolute atomic E-state index is 10.1. The number of benzene rings is 1. The summed E-state index contributed by atoms with van der Waals surface area (Å²) < 4.78 is 0. The van der Waals surface area contributed by atoms with Gasteiger partial charge >= 0.3 is 0 Å². The minimum Gasteiger partial charge on any atom is -0.507 e. The van der Waals surface area contributed by atoms with E-state index in [2.05, 4.69) is 19.1 Å². The molecular weight excluding hydrogens is 222 g/mol. The molecule has 0 saturated carbocycles. The Labute approximate surface area is 110 Å². The van der Waals surface area contributed by atoms with Crippen molar-refractivity contribution < 1.29 is 5.11 Å². The van der Waals surface area contributed by atoms with Gasteiger partial charge in [-0.3, -0.25) is 0 Å².